The molecule has 206 valence electrons. The normalized spacial score (nSPS) is 23.1. The van der Waals surface area contributed by atoms with Gasteiger partial charge in [-0.25, -0.2) is 9.18 Å². The molecule has 5 rings (SSSR count). The molecule has 2 fully saturated rings. The predicted octanol–water partition coefficient (Wildman–Crippen LogP) is 5.73. The first-order valence-electron chi connectivity index (χ1n) is 13.4. The smallest absolute Gasteiger partial charge is 0.415 e. The maximum Gasteiger partial charge on any atom is 0.415 e. The van der Waals surface area contributed by atoms with Crippen molar-refractivity contribution in [3.8, 4) is 5.75 Å². The highest BCUT2D eigenvalue weighted by Gasteiger charge is 2.75. The number of anilines is 1. The first-order valence-corrected chi connectivity index (χ1v) is 13.4. The Morgan fingerprint density at radius 1 is 1.10 bits per heavy atom. The number of nitrogens with one attached hydrogen (secondary N) is 1. The largest absolute Gasteiger partial charge is 0.448 e. The number of carbonyl (C=O) groups excluding carboxylic acids is 3. The zero-order valence-corrected chi connectivity index (χ0v) is 23.0. The second-order valence-corrected chi connectivity index (χ2v) is 11.1. The van der Waals surface area contributed by atoms with Crippen molar-refractivity contribution in [2.24, 2.45) is 10.8 Å². The number of halogens is 1. The van der Waals surface area contributed by atoms with Crippen LogP contribution < -0.4 is 10.1 Å². The molecule has 9 heteroatoms. The first-order chi connectivity index (χ1) is 18.5. The van der Waals surface area contributed by atoms with Gasteiger partial charge in [-0.3, -0.25) is 9.59 Å². The van der Waals surface area contributed by atoms with Crippen LogP contribution in [0.1, 0.15) is 53.0 Å². The van der Waals surface area contributed by atoms with Gasteiger partial charge in [-0.2, -0.15) is 0 Å². The zero-order valence-electron chi connectivity index (χ0n) is 23.0. The van der Waals surface area contributed by atoms with Gasteiger partial charge < -0.3 is 24.3 Å². The van der Waals surface area contributed by atoms with Gasteiger partial charge >= 0.3 is 12.1 Å². The Labute approximate surface area is 227 Å². The van der Waals surface area contributed by atoms with Crippen LogP contribution in [0.4, 0.5) is 14.9 Å². The number of benzene rings is 2. The van der Waals surface area contributed by atoms with E-state index in [2.05, 4.69) is 5.32 Å². The van der Waals surface area contributed by atoms with Crippen LogP contribution in [0.2, 0.25) is 0 Å². The second-order valence-electron chi connectivity index (χ2n) is 11.1. The van der Waals surface area contributed by atoms with Gasteiger partial charge in [0.15, 0.2) is 11.4 Å². The maximum atomic E-state index is 14.0. The number of ether oxygens (including phenoxy) is 2. The summed E-state index contributed by atoms with van der Waals surface area (Å²) in [5.74, 6) is -0.955. The highest BCUT2D eigenvalue weighted by molar-refractivity contribution is 6.09. The second kappa shape index (κ2) is 9.39. The number of nitrogens with zero attached hydrogens (tertiary/aromatic N) is 2. The van der Waals surface area contributed by atoms with Gasteiger partial charge in [-0.15, -0.1) is 0 Å². The molecule has 0 radical (unpaired) electrons. The quantitative estimate of drug-likeness (QED) is 0.390. The molecule has 2 aromatic carbocycles. The average Bonchev–Trinajstić information content (AvgIpc) is 3.43. The van der Waals surface area contributed by atoms with Crippen LogP contribution in [0.3, 0.4) is 0 Å². The Morgan fingerprint density at radius 2 is 1.85 bits per heavy atom. The summed E-state index contributed by atoms with van der Waals surface area (Å²) in [4.78, 5) is 41.2. The summed E-state index contributed by atoms with van der Waals surface area (Å²) in [7, 11) is 0. The number of amides is 2. The average molecular weight is 536 g/mol. The van der Waals surface area contributed by atoms with Crippen molar-refractivity contribution in [2.75, 3.05) is 18.4 Å². The lowest BCUT2D eigenvalue weighted by Crippen LogP contribution is -2.50. The molecule has 1 aromatic heterocycles. The molecule has 1 N–H and O–H groups in total. The van der Waals surface area contributed by atoms with Crippen molar-refractivity contribution in [1.82, 2.24) is 9.47 Å². The van der Waals surface area contributed by atoms with E-state index in [1.165, 1.54) is 17.0 Å². The molecular weight excluding hydrogens is 501 g/mol. The van der Waals surface area contributed by atoms with E-state index < -0.39 is 28.4 Å². The van der Waals surface area contributed by atoms with Crippen molar-refractivity contribution < 1.29 is 28.2 Å². The molecular formula is C30H34FN3O5. The molecule has 1 aliphatic heterocycles. The first kappa shape index (κ1) is 26.7. The summed E-state index contributed by atoms with van der Waals surface area (Å²) in [6.07, 6.45) is 2.25. The summed E-state index contributed by atoms with van der Waals surface area (Å²) in [5.41, 5.74) is -0.991. The van der Waals surface area contributed by atoms with Gasteiger partial charge in [0.25, 0.3) is 5.91 Å². The van der Waals surface area contributed by atoms with E-state index >= 15 is 0 Å². The van der Waals surface area contributed by atoms with E-state index in [1.807, 2.05) is 57.5 Å². The molecule has 39 heavy (non-hydrogen) atoms. The van der Waals surface area contributed by atoms with Crippen molar-refractivity contribution in [3.63, 3.8) is 0 Å². The SMILES string of the molecule is CCN(CC)C(=O)Oc1ccc2c(ccn2Cc2cccc(F)c2)c1NC(=O)[C@@]12CC[C@@](C)(C(=O)O1)C2(C)C. The Morgan fingerprint density at radius 3 is 2.46 bits per heavy atom. The van der Waals surface area contributed by atoms with Crippen molar-refractivity contribution in [1.29, 1.82) is 0 Å². The van der Waals surface area contributed by atoms with Gasteiger partial charge in [0.05, 0.1) is 16.6 Å². The number of hydrogen-bond acceptors (Lipinski definition) is 5. The van der Waals surface area contributed by atoms with Crippen LogP contribution >= 0.6 is 0 Å². The molecule has 8 nitrogen and oxygen atoms in total. The molecule has 2 atom stereocenters. The monoisotopic (exact) mass is 535 g/mol. The minimum Gasteiger partial charge on any atom is -0.448 e. The van der Waals surface area contributed by atoms with E-state index in [1.54, 1.807) is 18.2 Å². The summed E-state index contributed by atoms with van der Waals surface area (Å²) in [5, 5.41) is 3.63. The van der Waals surface area contributed by atoms with Crippen LogP contribution in [0.5, 0.6) is 5.75 Å². The molecule has 2 amide bonds. The molecule has 3 aromatic rings. The Kier molecular flexibility index (Phi) is 6.44. The molecule has 1 aliphatic carbocycles. The van der Waals surface area contributed by atoms with E-state index in [0.717, 1.165) is 11.1 Å². The topological polar surface area (TPSA) is 89.9 Å². The highest BCUT2D eigenvalue weighted by Crippen LogP contribution is 2.65. The third-order valence-electron chi connectivity index (χ3n) is 9.06. The molecule has 2 aliphatic rings. The lowest BCUT2D eigenvalue weighted by Gasteiger charge is -2.35. The van der Waals surface area contributed by atoms with E-state index in [9.17, 15) is 18.8 Å². The van der Waals surface area contributed by atoms with Crippen LogP contribution in [-0.4, -0.2) is 46.1 Å². The van der Waals surface area contributed by atoms with Gasteiger partial charge in [0, 0.05) is 36.6 Å². The molecule has 0 unspecified atom stereocenters. The van der Waals surface area contributed by atoms with E-state index in [-0.39, 0.29) is 17.5 Å². The molecule has 0 spiro atoms. The number of rotatable bonds is 7. The van der Waals surface area contributed by atoms with Crippen LogP contribution in [0, 0.1) is 16.6 Å². The fraction of sp³-hybridized carbons (Fsp3) is 0.433. The standard InChI is InChI=1S/C30H34FN3O5/c1-6-33(7-2)27(37)38-23-12-11-22-21(13-16-34(22)18-19-9-8-10-20(31)17-19)24(23)32-25(35)30-15-14-29(5,26(36)39-30)28(30,3)4/h8-13,16-17H,6-7,14-15,18H2,1-5H3,(H,32,35)/t29-,30+/m0/s1. The number of aromatic nitrogens is 1. The number of hydrogen-bond donors (Lipinski definition) is 1. The predicted molar refractivity (Wildman–Crippen MR) is 145 cm³/mol. The Hall–Kier alpha value is -3.88. The van der Waals surface area contributed by atoms with Gasteiger partial charge in [0.1, 0.15) is 5.82 Å². The molecule has 1 saturated heterocycles. The van der Waals surface area contributed by atoms with Crippen LogP contribution in [0.15, 0.2) is 48.7 Å². The number of carbonyl (C=O) groups is 3. The lowest BCUT2D eigenvalue weighted by molar-refractivity contribution is -0.165. The third-order valence-corrected chi connectivity index (χ3v) is 9.06. The molecule has 1 saturated carbocycles. The van der Waals surface area contributed by atoms with Gasteiger partial charge in [-0.05, 0) is 69.5 Å². The maximum absolute atomic E-state index is 14.0. The van der Waals surface area contributed by atoms with Gasteiger partial charge in [0.2, 0.25) is 0 Å². The van der Waals surface area contributed by atoms with Crippen molar-refractivity contribution >= 4 is 34.6 Å². The minimum atomic E-state index is -1.34. The highest BCUT2D eigenvalue weighted by atomic mass is 19.1. The fourth-order valence-corrected chi connectivity index (χ4v) is 6.04. The van der Waals surface area contributed by atoms with Crippen LogP contribution in [0.25, 0.3) is 10.9 Å². The van der Waals surface area contributed by atoms with Crippen molar-refractivity contribution in [2.45, 2.75) is 59.6 Å². The fourth-order valence-electron chi connectivity index (χ4n) is 6.04. The van der Waals surface area contributed by atoms with Gasteiger partial charge in [-0.1, -0.05) is 26.0 Å². The number of fused-ring (bicyclic) bond motifs is 3. The zero-order chi connectivity index (χ0) is 28.2. The Bertz CT molecular complexity index is 1480. The summed E-state index contributed by atoms with van der Waals surface area (Å²) in [6, 6.07) is 11.6. The lowest BCUT2D eigenvalue weighted by atomic mass is 9.66. The minimum absolute atomic E-state index is 0.190. The summed E-state index contributed by atoms with van der Waals surface area (Å²) < 4.78 is 27.3. The Balaban J connectivity index is 1.56. The van der Waals surface area contributed by atoms with E-state index in [4.69, 9.17) is 9.47 Å². The van der Waals surface area contributed by atoms with Crippen molar-refractivity contribution in [3.05, 3.63) is 60.0 Å². The van der Waals surface area contributed by atoms with Crippen LogP contribution in [-0.2, 0) is 20.9 Å². The third kappa shape index (κ3) is 3.97. The number of esters is 1. The molecule has 2 heterocycles. The summed E-state index contributed by atoms with van der Waals surface area (Å²) >= 11 is 0. The summed E-state index contributed by atoms with van der Waals surface area (Å²) in [6.45, 7) is 10.7. The molecule has 2 bridgehead atoms. The van der Waals surface area contributed by atoms with E-state index in [0.29, 0.717) is 43.5 Å².